The standard InChI is InChI=1S/C18H18N4O5S/c1-2-6-12(14(23)21-17-19-11(9-28-17)16(25)26)22-15(24)13(20-18(22)27)10-7-4-3-5-8-10/h3-5,7-9,12-13H,2,6H2,1H3,(H,20,27)(H,25,26)(H,19,21,23). The van der Waals surface area contributed by atoms with E-state index in [1.807, 2.05) is 6.92 Å². The lowest BCUT2D eigenvalue weighted by atomic mass is 10.1. The minimum absolute atomic E-state index is 0.0927. The first-order valence-corrected chi connectivity index (χ1v) is 9.48. The van der Waals surface area contributed by atoms with Crippen LogP contribution in [-0.4, -0.2) is 44.8 Å². The number of carboxylic acids is 1. The summed E-state index contributed by atoms with van der Waals surface area (Å²) >= 11 is 0.955. The number of carbonyl (C=O) groups excluding carboxylic acids is 3. The summed E-state index contributed by atoms with van der Waals surface area (Å²) in [6.07, 6.45) is 0.826. The highest BCUT2D eigenvalue weighted by atomic mass is 32.1. The second kappa shape index (κ2) is 8.17. The van der Waals surface area contributed by atoms with Gasteiger partial charge >= 0.3 is 12.0 Å². The molecule has 3 N–H and O–H groups in total. The van der Waals surface area contributed by atoms with Gasteiger partial charge in [-0.15, -0.1) is 11.3 Å². The third kappa shape index (κ3) is 3.86. The average Bonchev–Trinajstić information content (AvgIpc) is 3.25. The Hall–Kier alpha value is -3.27. The molecule has 0 radical (unpaired) electrons. The number of hydrogen-bond donors (Lipinski definition) is 3. The van der Waals surface area contributed by atoms with Gasteiger partial charge < -0.3 is 15.7 Å². The van der Waals surface area contributed by atoms with Gasteiger partial charge in [-0.05, 0) is 12.0 Å². The molecular formula is C18H18N4O5S. The first-order valence-electron chi connectivity index (χ1n) is 8.60. The van der Waals surface area contributed by atoms with Crippen LogP contribution in [0.2, 0.25) is 0 Å². The SMILES string of the molecule is CCCC(C(=O)Nc1nc(C(=O)O)cs1)N1C(=O)NC(c2ccccc2)C1=O. The van der Waals surface area contributed by atoms with Crippen molar-refractivity contribution in [1.82, 2.24) is 15.2 Å². The van der Waals surface area contributed by atoms with Gasteiger partial charge in [0, 0.05) is 5.38 Å². The molecule has 0 saturated carbocycles. The van der Waals surface area contributed by atoms with Gasteiger partial charge in [0.15, 0.2) is 10.8 Å². The lowest BCUT2D eigenvalue weighted by Gasteiger charge is -2.23. The van der Waals surface area contributed by atoms with Gasteiger partial charge in [0.1, 0.15) is 12.1 Å². The number of carboxylic acid groups (broad SMARTS) is 1. The number of aromatic nitrogens is 1. The zero-order valence-corrected chi connectivity index (χ0v) is 15.7. The molecule has 2 aromatic rings. The second-order valence-corrected chi connectivity index (χ2v) is 7.00. The van der Waals surface area contributed by atoms with E-state index in [1.165, 1.54) is 5.38 Å². The van der Waals surface area contributed by atoms with Crippen LogP contribution in [0.25, 0.3) is 0 Å². The van der Waals surface area contributed by atoms with Crippen molar-refractivity contribution in [1.29, 1.82) is 0 Å². The molecule has 0 aliphatic carbocycles. The minimum Gasteiger partial charge on any atom is -0.476 e. The van der Waals surface area contributed by atoms with Gasteiger partial charge in [0.2, 0.25) is 5.91 Å². The van der Waals surface area contributed by atoms with Gasteiger partial charge in [-0.2, -0.15) is 0 Å². The minimum atomic E-state index is -1.21. The molecule has 146 valence electrons. The van der Waals surface area contributed by atoms with Crippen LogP contribution in [-0.2, 0) is 9.59 Å². The molecule has 3 rings (SSSR count). The summed E-state index contributed by atoms with van der Waals surface area (Å²) in [4.78, 5) is 53.7. The average molecular weight is 402 g/mol. The fourth-order valence-corrected chi connectivity index (χ4v) is 3.62. The van der Waals surface area contributed by atoms with Crippen LogP contribution < -0.4 is 10.6 Å². The van der Waals surface area contributed by atoms with Gasteiger partial charge in [-0.1, -0.05) is 43.7 Å². The molecule has 1 fully saturated rings. The number of carbonyl (C=O) groups is 4. The van der Waals surface area contributed by atoms with Gasteiger partial charge in [-0.3, -0.25) is 9.59 Å². The number of nitrogens with zero attached hydrogens (tertiary/aromatic N) is 2. The van der Waals surface area contributed by atoms with Crippen molar-refractivity contribution >= 4 is 40.3 Å². The van der Waals surface area contributed by atoms with Gasteiger partial charge in [0.25, 0.3) is 5.91 Å². The molecule has 2 atom stereocenters. The van der Waals surface area contributed by atoms with E-state index in [0.29, 0.717) is 12.0 Å². The summed E-state index contributed by atoms with van der Waals surface area (Å²) in [7, 11) is 0. The maximum atomic E-state index is 12.9. The Morgan fingerprint density at radius 3 is 2.64 bits per heavy atom. The Morgan fingerprint density at radius 2 is 2.04 bits per heavy atom. The first kappa shape index (κ1) is 19.5. The Kier molecular flexibility index (Phi) is 5.69. The number of anilines is 1. The van der Waals surface area contributed by atoms with Crippen LogP contribution in [0.4, 0.5) is 9.93 Å². The molecule has 1 aliphatic rings. The monoisotopic (exact) mass is 402 g/mol. The smallest absolute Gasteiger partial charge is 0.355 e. The molecule has 2 heterocycles. The maximum absolute atomic E-state index is 12.9. The summed E-state index contributed by atoms with van der Waals surface area (Å²) in [5, 5.41) is 15.4. The highest BCUT2D eigenvalue weighted by Gasteiger charge is 2.44. The Balaban J connectivity index is 1.80. The molecule has 1 saturated heterocycles. The molecule has 28 heavy (non-hydrogen) atoms. The maximum Gasteiger partial charge on any atom is 0.355 e. The van der Waals surface area contributed by atoms with E-state index in [0.717, 1.165) is 16.2 Å². The predicted molar refractivity (Wildman–Crippen MR) is 101 cm³/mol. The Labute approximate surface area is 164 Å². The van der Waals surface area contributed by atoms with Gasteiger partial charge in [-0.25, -0.2) is 19.5 Å². The molecule has 4 amide bonds. The first-order chi connectivity index (χ1) is 13.4. The zero-order chi connectivity index (χ0) is 20.3. The number of nitrogens with one attached hydrogen (secondary N) is 2. The van der Waals surface area contributed by atoms with E-state index < -0.39 is 35.9 Å². The van der Waals surface area contributed by atoms with E-state index >= 15 is 0 Å². The van der Waals surface area contributed by atoms with Crippen LogP contribution in [0.5, 0.6) is 0 Å². The van der Waals surface area contributed by atoms with E-state index in [9.17, 15) is 19.2 Å². The molecule has 1 aromatic carbocycles. The second-order valence-electron chi connectivity index (χ2n) is 6.14. The summed E-state index contributed by atoms with van der Waals surface area (Å²) in [5.74, 6) is -2.30. The number of hydrogen-bond acceptors (Lipinski definition) is 6. The molecule has 10 heteroatoms. The normalized spacial score (nSPS) is 17.3. The molecule has 9 nitrogen and oxygen atoms in total. The van der Waals surface area contributed by atoms with Crippen molar-refractivity contribution < 1.29 is 24.3 Å². The van der Waals surface area contributed by atoms with E-state index in [1.54, 1.807) is 30.3 Å². The van der Waals surface area contributed by atoms with Crippen LogP contribution >= 0.6 is 11.3 Å². The van der Waals surface area contributed by atoms with E-state index in [-0.39, 0.29) is 17.2 Å². The molecule has 2 unspecified atom stereocenters. The van der Waals surface area contributed by atoms with Crippen molar-refractivity contribution in [2.24, 2.45) is 0 Å². The highest BCUT2D eigenvalue weighted by molar-refractivity contribution is 7.14. The molecular weight excluding hydrogens is 384 g/mol. The topological polar surface area (TPSA) is 129 Å². The number of imide groups is 1. The largest absolute Gasteiger partial charge is 0.476 e. The van der Waals surface area contributed by atoms with E-state index in [4.69, 9.17) is 5.11 Å². The number of urea groups is 1. The number of thiazole rings is 1. The van der Waals surface area contributed by atoms with Crippen molar-refractivity contribution in [3.63, 3.8) is 0 Å². The quantitative estimate of drug-likeness (QED) is 0.609. The summed E-state index contributed by atoms with van der Waals surface area (Å²) < 4.78 is 0. The number of amides is 4. The summed E-state index contributed by atoms with van der Waals surface area (Å²) in [6.45, 7) is 1.83. The zero-order valence-electron chi connectivity index (χ0n) is 14.9. The third-order valence-corrected chi connectivity index (χ3v) is 4.99. The lowest BCUT2D eigenvalue weighted by Crippen LogP contribution is -2.47. The van der Waals surface area contributed by atoms with Crippen molar-refractivity contribution in [3.05, 3.63) is 47.0 Å². The third-order valence-electron chi connectivity index (χ3n) is 4.23. The number of benzene rings is 1. The molecule has 1 aliphatic heterocycles. The number of aromatic carboxylic acids is 1. The molecule has 1 aromatic heterocycles. The van der Waals surface area contributed by atoms with E-state index in [2.05, 4.69) is 15.6 Å². The lowest BCUT2D eigenvalue weighted by molar-refractivity contribution is -0.134. The summed E-state index contributed by atoms with van der Waals surface area (Å²) in [6, 6.07) is 6.26. The Bertz CT molecular complexity index is 914. The van der Waals surface area contributed by atoms with Crippen LogP contribution in [0.1, 0.15) is 41.9 Å². The highest BCUT2D eigenvalue weighted by Crippen LogP contribution is 2.26. The van der Waals surface area contributed by atoms with Crippen molar-refractivity contribution in [3.8, 4) is 0 Å². The van der Waals surface area contributed by atoms with Crippen LogP contribution in [0, 0.1) is 0 Å². The van der Waals surface area contributed by atoms with Crippen LogP contribution in [0.3, 0.4) is 0 Å². The Morgan fingerprint density at radius 1 is 1.32 bits per heavy atom. The number of rotatable bonds is 7. The fourth-order valence-electron chi connectivity index (χ4n) is 2.93. The molecule has 0 spiro atoms. The molecule has 0 bridgehead atoms. The summed E-state index contributed by atoms with van der Waals surface area (Å²) in [5.41, 5.74) is 0.441. The van der Waals surface area contributed by atoms with Crippen molar-refractivity contribution in [2.75, 3.05) is 5.32 Å². The van der Waals surface area contributed by atoms with Gasteiger partial charge in [0.05, 0.1) is 0 Å². The van der Waals surface area contributed by atoms with Crippen molar-refractivity contribution in [2.45, 2.75) is 31.8 Å². The predicted octanol–water partition coefficient (Wildman–Crippen LogP) is 2.24. The van der Waals surface area contributed by atoms with Crippen LogP contribution in [0.15, 0.2) is 35.7 Å². The fraction of sp³-hybridized carbons (Fsp3) is 0.278.